The summed E-state index contributed by atoms with van der Waals surface area (Å²) in [5.74, 6) is -0.277. The molecular weight excluding hydrogens is 252 g/mol. The highest BCUT2D eigenvalue weighted by molar-refractivity contribution is 6.01. The van der Waals surface area contributed by atoms with Crippen LogP contribution in [0.25, 0.3) is 17.2 Å². The van der Waals surface area contributed by atoms with Gasteiger partial charge in [-0.2, -0.15) is 4.98 Å². The number of carbonyl (C=O) groups is 1. The van der Waals surface area contributed by atoms with Gasteiger partial charge in [-0.25, -0.2) is 0 Å². The molecule has 0 aliphatic heterocycles. The van der Waals surface area contributed by atoms with E-state index in [0.29, 0.717) is 5.58 Å². The topological polar surface area (TPSA) is 55.1 Å². The van der Waals surface area contributed by atoms with Gasteiger partial charge < -0.3 is 4.42 Å². The summed E-state index contributed by atoms with van der Waals surface area (Å²) >= 11 is 0. The molecule has 4 nitrogen and oxygen atoms in total. The molecule has 0 saturated heterocycles. The molecule has 1 aromatic heterocycles. The summed E-state index contributed by atoms with van der Waals surface area (Å²) < 4.78 is 5.41. The third kappa shape index (κ3) is 2.75. The number of hydrogen-bond acceptors (Lipinski definition) is 3. The van der Waals surface area contributed by atoms with Crippen LogP contribution in [-0.2, 0) is 4.79 Å². The molecule has 0 atom stereocenters. The summed E-state index contributed by atoms with van der Waals surface area (Å²) in [5.41, 5.74) is 2.32. The molecule has 0 aliphatic carbocycles. The predicted octanol–water partition coefficient (Wildman–Crippen LogP) is 3.48. The van der Waals surface area contributed by atoms with E-state index in [0.717, 1.165) is 11.1 Å². The van der Waals surface area contributed by atoms with E-state index in [1.807, 2.05) is 48.5 Å². The van der Waals surface area contributed by atoms with E-state index in [1.54, 1.807) is 12.1 Å². The zero-order valence-electron chi connectivity index (χ0n) is 10.6. The number of amides is 1. The van der Waals surface area contributed by atoms with Crippen LogP contribution < -0.4 is 5.32 Å². The fourth-order valence-corrected chi connectivity index (χ4v) is 1.81. The lowest BCUT2D eigenvalue weighted by molar-refractivity contribution is -0.112. The Morgan fingerprint density at radius 2 is 1.80 bits per heavy atom. The second kappa shape index (κ2) is 5.40. The molecule has 0 unspecified atom stereocenters. The molecule has 0 fully saturated rings. The number of nitrogens with zero attached hydrogens (tertiary/aromatic N) is 1. The second-order valence-corrected chi connectivity index (χ2v) is 4.22. The number of rotatable bonds is 3. The molecule has 3 aromatic rings. The Morgan fingerprint density at radius 1 is 1.05 bits per heavy atom. The molecule has 2 aromatic carbocycles. The Hall–Kier alpha value is -2.88. The fourth-order valence-electron chi connectivity index (χ4n) is 1.81. The first-order valence-corrected chi connectivity index (χ1v) is 6.21. The fraction of sp³-hybridized carbons (Fsp3) is 0. The number of para-hydroxylation sites is 2. The first kappa shape index (κ1) is 12.2. The number of fused-ring (bicyclic) bond motifs is 1. The maximum Gasteiger partial charge on any atom is 0.302 e. The summed E-state index contributed by atoms with van der Waals surface area (Å²) in [7, 11) is 0. The standard InChI is InChI=1S/C16H12N2O2/c19-15(11-10-12-6-2-1-3-7-12)18-16-17-13-8-4-5-9-14(13)20-16/h1-11H,(H,17,18,19)/b11-10+. The van der Waals surface area contributed by atoms with Crippen molar-refractivity contribution in [2.75, 3.05) is 5.32 Å². The van der Waals surface area contributed by atoms with E-state index in [9.17, 15) is 4.79 Å². The average Bonchev–Trinajstić information content (AvgIpc) is 2.88. The van der Waals surface area contributed by atoms with E-state index < -0.39 is 0 Å². The van der Waals surface area contributed by atoms with Crippen molar-refractivity contribution in [2.45, 2.75) is 0 Å². The Labute approximate surface area is 115 Å². The molecule has 0 saturated carbocycles. The lowest BCUT2D eigenvalue weighted by Crippen LogP contribution is -2.07. The average molecular weight is 264 g/mol. The second-order valence-electron chi connectivity index (χ2n) is 4.22. The van der Waals surface area contributed by atoms with Crippen LogP contribution >= 0.6 is 0 Å². The molecule has 0 radical (unpaired) electrons. The minimum atomic E-state index is -0.277. The largest absolute Gasteiger partial charge is 0.423 e. The molecule has 0 bridgehead atoms. The highest BCUT2D eigenvalue weighted by Gasteiger charge is 2.06. The predicted molar refractivity (Wildman–Crippen MR) is 78.1 cm³/mol. The van der Waals surface area contributed by atoms with Crippen molar-refractivity contribution in [3.63, 3.8) is 0 Å². The van der Waals surface area contributed by atoms with Gasteiger partial charge in [0.2, 0.25) is 0 Å². The summed E-state index contributed by atoms with van der Waals surface area (Å²) in [6.07, 6.45) is 3.18. The van der Waals surface area contributed by atoms with Gasteiger partial charge >= 0.3 is 6.01 Å². The van der Waals surface area contributed by atoms with Gasteiger partial charge in [0, 0.05) is 6.08 Å². The Morgan fingerprint density at radius 3 is 2.60 bits per heavy atom. The van der Waals surface area contributed by atoms with Crippen molar-refractivity contribution < 1.29 is 9.21 Å². The van der Waals surface area contributed by atoms with Gasteiger partial charge in [0.15, 0.2) is 5.58 Å². The molecule has 20 heavy (non-hydrogen) atoms. The van der Waals surface area contributed by atoms with Gasteiger partial charge in [0.1, 0.15) is 5.52 Å². The summed E-state index contributed by atoms with van der Waals surface area (Å²) in [4.78, 5) is 15.9. The molecule has 4 heteroatoms. The SMILES string of the molecule is O=C(/C=C/c1ccccc1)Nc1nc2ccccc2o1. The van der Waals surface area contributed by atoms with Gasteiger partial charge in [-0.05, 0) is 23.8 Å². The van der Waals surface area contributed by atoms with E-state index in [4.69, 9.17) is 4.42 Å². The third-order valence-corrected chi connectivity index (χ3v) is 2.75. The Bertz CT molecular complexity index is 727. The monoisotopic (exact) mass is 264 g/mol. The summed E-state index contributed by atoms with van der Waals surface area (Å²) in [6, 6.07) is 17.2. The van der Waals surface area contributed by atoms with Crippen molar-refractivity contribution in [1.82, 2.24) is 4.98 Å². The quantitative estimate of drug-likeness (QED) is 0.737. The number of benzene rings is 2. The van der Waals surface area contributed by atoms with Gasteiger partial charge in [0.05, 0.1) is 0 Å². The van der Waals surface area contributed by atoms with Crippen molar-refractivity contribution in [2.24, 2.45) is 0 Å². The van der Waals surface area contributed by atoms with E-state index >= 15 is 0 Å². The van der Waals surface area contributed by atoms with Crippen LogP contribution in [0.3, 0.4) is 0 Å². The molecule has 1 amide bonds. The van der Waals surface area contributed by atoms with Crippen LogP contribution in [0.5, 0.6) is 0 Å². The Kier molecular flexibility index (Phi) is 3.29. The maximum absolute atomic E-state index is 11.8. The highest BCUT2D eigenvalue weighted by atomic mass is 16.4. The summed E-state index contributed by atoms with van der Waals surface area (Å²) in [5, 5.41) is 2.60. The number of carbonyl (C=O) groups excluding carboxylic acids is 1. The normalized spacial score (nSPS) is 11.0. The minimum Gasteiger partial charge on any atom is -0.423 e. The van der Waals surface area contributed by atoms with Gasteiger partial charge in [-0.3, -0.25) is 10.1 Å². The van der Waals surface area contributed by atoms with Crippen LogP contribution in [0.2, 0.25) is 0 Å². The maximum atomic E-state index is 11.8. The van der Waals surface area contributed by atoms with Crippen LogP contribution in [0.1, 0.15) is 5.56 Å². The lowest BCUT2D eigenvalue weighted by Gasteiger charge is -1.94. The molecular formula is C16H12N2O2. The van der Waals surface area contributed by atoms with Crippen molar-refractivity contribution in [3.05, 3.63) is 66.2 Å². The van der Waals surface area contributed by atoms with Crippen molar-refractivity contribution >= 4 is 29.1 Å². The number of nitrogens with one attached hydrogen (secondary N) is 1. The minimum absolute atomic E-state index is 0.203. The lowest BCUT2D eigenvalue weighted by atomic mass is 10.2. The van der Waals surface area contributed by atoms with Crippen LogP contribution in [0.4, 0.5) is 6.01 Å². The van der Waals surface area contributed by atoms with Crippen LogP contribution in [0.15, 0.2) is 65.1 Å². The number of oxazole rings is 1. The van der Waals surface area contributed by atoms with E-state index in [2.05, 4.69) is 10.3 Å². The summed E-state index contributed by atoms with van der Waals surface area (Å²) in [6.45, 7) is 0. The number of hydrogen-bond donors (Lipinski definition) is 1. The zero-order valence-corrected chi connectivity index (χ0v) is 10.6. The smallest absolute Gasteiger partial charge is 0.302 e. The molecule has 1 heterocycles. The zero-order chi connectivity index (χ0) is 13.8. The van der Waals surface area contributed by atoms with Crippen LogP contribution in [-0.4, -0.2) is 10.9 Å². The number of anilines is 1. The van der Waals surface area contributed by atoms with Crippen molar-refractivity contribution in [3.8, 4) is 0 Å². The first-order valence-electron chi connectivity index (χ1n) is 6.21. The molecule has 0 spiro atoms. The first-order chi connectivity index (χ1) is 9.81. The van der Waals surface area contributed by atoms with E-state index in [-0.39, 0.29) is 11.9 Å². The number of aromatic nitrogens is 1. The van der Waals surface area contributed by atoms with Crippen LogP contribution in [0, 0.1) is 0 Å². The molecule has 98 valence electrons. The van der Waals surface area contributed by atoms with Gasteiger partial charge in [-0.1, -0.05) is 42.5 Å². The Balaban J connectivity index is 1.71. The van der Waals surface area contributed by atoms with E-state index in [1.165, 1.54) is 6.08 Å². The van der Waals surface area contributed by atoms with Gasteiger partial charge in [0.25, 0.3) is 5.91 Å². The third-order valence-electron chi connectivity index (χ3n) is 2.75. The van der Waals surface area contributed by atoms with Gasteiger partial charge in [-0.15, -0.1) is 0 Å². The highest BCUT2D eigenvalue weighted by Crippen LogP contribution is 2.17. The molecule has 1 N–H and O–H groups in total. The van der Waals surface area contributed by atoms with Crippen molar-refractivity contribution in [1.29, 1.82) is 0 Å². The molecule has 0 aliphatic rings. The molecule has 3 rings (SSSR count).